The van der Waals surface area contributed by atoms with Crippen molar-refractivity contribution in [3.8, 4) is 0 Å². The molecule has 2 aromatic rings. The molecule has 76 valence electrons. The molecule has 0 unspecified atom stereocenters. The van der Waals surface area contributed by atoms with E-state index < -0.39 is 0 Å². The SMILES string of the molecule is O=Cc1cccn1Cc1ccccc1F. The maximum Gasteiger partial charge on any atom is 0.166 e. The van der Waals surface area contributed by atoms with Gasteiger partial charge in [-0.05, 0) is 18.2 Å². The van der Waals surface area contributed by atoms with E-state index in [9.17, 15) is 9.18 Å². The van der Waals surface area contributed by atoms with Crippen molar-refractivity contribution >= 4 is 6.29 Å². The Hall–Kier alpha value is -1.90. The normalized spacial score (nSPS) is 10.2. The summed E-state index contributed by atoms with van der Waals surface area (Å²) in [7, 11) is 0. The molecule has 2 rings (SSSR count). The molecule has 0 atom stereocenters. The lowest BCUT2D eigenvalue weighted by Gasteiger charge is -2.06. The van der Waals surface area contributed by atoms with Crippen LogP contribution in [0.4, 0.5) is 4.39 Å². The highest BCUT2D eigenvalue weighted by Gasteiger charge is 2.03. The van der Waals surface area contributed by atoms with Gasteiger partial charge in [-0.2, -0.15) is 0 Å². The molecule has 2 nitrogen and oxygen atoms in total. The van der Waals surface area contributed by atoms with E-state index in [0.717, 1.165) is 6.29 Å². The molecule has 0 radical (unpaired) electrons. The maximum absolute atomic E-state index is 13.3. The molecular formula is C12H10FNO. The highest BCUT2D eigenvalue weighted by molar-refractivity contribution is 5.72. The molecule has 15 heavy (non-hydrogen) atoms. The molecule has 0 aliphatic carbocycles. The summed E-state index contributed by atoms with van der Waals surface area (Å²) in [6.07, 6.45) is 2.52. The van der Waals surface area contributed by atoms with Crippen LogP contribution >= 0.6 is 0 Å². The summed E-state index contributed by atoms with van der Waals surface area (Å²) < 4.78 is 15.0. The topological polar surface area (TPSA) is 22.0 Å². The van der Waals surface area contributed by atoms with Crippen LogP contribution in [0.3, 0.4) is 0 Å². The van der Waals surface area contributed by atoms with Crippen molar-refractivity contribution in [3.63, 3.8) is 0 Å². The first kappa shape index (κ1) is 9.65. The highest BCUT2D eigenvalue weighted by atomic mass is 19.1. The first-order chi connectivity index (χ1) is 7.31. The fourth-order valence-corrected chi connectivity index (χ4v) is 1.49. The van der Waals surface area contributed by atoms with Crippen LogP contribution in [0.5, 0.6) is 0 Å². The predicted octanol–water partition coefficient (Wildman–Crippen LogP) is 2.49. The Balaban J connectivity index is 2.29. The van der Waals surface area contributed by atoms with Crippen LogP contribution in [0.2, 0.25) is 0 Å². The van der Waals surface area contributed by atoms with Gasteiger partial charge >= 0.3 is 0 Å². The van der Waals surface area contributed by atoms with Gasteiger partial charge in [-0.25, -0.2) is 4.39 Å². The second-order valence-electron chi connectivity index (χ2n) is 3.27. The van der Waals surface area contributed by atoms with Gasteiger partial charge in [-0.1, -0.05) is 18.2 Å². The average molecular weight is 203 g/mol. The van der Waals surface area contributed by atoms with E-state index >= 15 is 0 Å². The van der Waals surface area contributed by atoms with Gasteiger partial charge in [0, 0.05) is 11.8 Å². The summed E-state index contributed by atoms with van der Waals surface area (Å²) in [6, 6.07) is 10.0. The van der Waals surface area contributed by atoms with Crippen LogP contribution in [0, 0.1) is 5.82 Å². The van der Waals surface area contributed by atoms with E-state index in [1.807, 2.05) is 0 Å². The van der Waals surface area contributed by atoms with Crippen LogP contribution in [0.15, 0.2) is 42.6 Å². The van der Waals surface area contributed by atoms with Crippen molar-refractivity contribution in [1.29, 1.82) is 0 Å². The summed E-state index contributed by atoms with van der Waals surface area (Å²) in [5.74, 6) is -0.247. The molecule has 0 amide bonds. The monoisotopic (exact) mass is 203 g/mol. The van der Waals surface area contributed by atoms with Gasteiger partial charge in [-0.3, -0.25) is 4.79 Å². The summed E-state index contributed by atoms with van der Waals surface area (Å²) in [5, 5.41) is 0. The summed E-state index contributed by atoms with van der Waals surface area (Å²) >= 11 is 0. The molecule has 1 heterocycles. The smallest absolute Gasteiger partial charge is 0.166 e. The Morgan fingerprint density at radius 2 is 2.00 bits per heavy atom. The number of hydrogen-bond donors (Lipinski definition) is 0. The Bertz CT molecular complexity index is 476. The number of benzene rings is 1. The molecule has 1 aromatic carbocycles. The van der Waals surface area contributed by atoms with Gasteiger partial charge in [0.15, 0.2) is 6.29 Å². The average Bonchev–Trinajstić information content (AvgIpc) is 2.69. The molecule has 0 spiro atoms. The Morgan fingerprint density at radius 1 is 1.20 bits per heavy atom. The summed E-state index contributed by atoms with van der Waals surface area (Å²) in [4.78, 5) is 10.6. The minimum atomic E-state index is -0.247. The fourth-order valence-electron chi connectivity index (χ4n) is 1.49. The molecule has 0 aliphatic heterocycles. The third kappa shape index (κ3) is 1.96. The molecule has 0 saturated heterocycles. The summed E-state index contributed by atoms with van der Waals surface area (Å²) in [5.41, 5.74) is 1.13. The minimum Gasteiger partial charge on any atom is -0.341 e. The van der Waals surface area contributed by atoms with Gasteiger partial charge in [-0.15, -0.1) is 0 Å². The minimum absolute atomic E-state index is 0.247. The lowest BCUT2D eigenvalue weighted by molar-refractivity contribution is 0.111. The number of carbonyl (C=O) groups is 1. The molecule has 3 heteroatoms. The van der Waals surface area contributed by atoms with Gasteiger partial charge < -0.3 is 4.57 Å². The van der Waals surface area contributed by atoms with Crippen molar-refractivity contribution in [2.24, 2.45) is 0 Å². The van der Waals surface area contributed by atoms with E-state index in [-0.39, 0.29) is 5.82 Å². The highest BCUT2D eigenvalue weighted by Crippen LogP contribution is 2.10. The molecule has 0 fully saturated rings. The molecule has 0 aliphatic rings. The largest absolute Gasteiger partial charge is 0.341 e. The van der Waals surface area contributed by atoms with Gasteiger partial charge in [0.1, 0.15) is 5.82 Å². The number of halogens is 1. The lowest BCUT2D eigenvalue weighted by Crippen LogP contribution is -2.03. The van der Waals surface area contributed by atoms with Crippen molar-refractivity contribution < 1.29 is 9.18 Å². The van der Waals surface area contributed by atoms with Crippen LogP contribution in [0.1, 0.15) is 16.1 Å². The van der Waals surface area contributed by atoms with Gasteiger partial charge in [0.25, 0.3) is 0 Å². The van der Waals surface area contributed by atoms with E-state index in [1.165, 1.54) is 6.07 Å². The number of aromatic nitrogens is 1. The van der Waals surface area contributed by atoms with E-state index in [2.05, 4.69) is 0 Å². The van der Waals surface area contributed by atoms with Crippen LogP contribution in [-0.4, -0.2) is 10.9 Å². The van der Waals surface area contributed by atoms with E-state index in [1.54, 1.807) is 41.1 Å². The van der Waals surface area contributed by atoms with Crippen LogP contribution < -0.4 is 0 Å². The Kier molecular flexibility index (Phi) is 2.63. The second kappa shape index (κ2) is 4.09. The Labute approximate surface area is 87.0 Å². The number of aldehydes is 1. The van der Waals surface area contributed by atoms with Gasteiger partial charge in [0.2, 0.25) is 0 Å². The van der Waals surface area contributed by atoms with Crippen molar-refractivity contribution in [1.82, 2.24) is 4.57 Å². The number of nitrogens with zero attached hydrogens (tertiary/aromatic N) is 1. The van der Waals surface area contributed by atoms with Crippen LogP contribution in [0.25, 0.3) is 0 Å². The maximum atomic E-state index is 13.3. The molecule has 0 bridgehead atoms. The Morgan fingerprint density at radius 3 is 2.73 bits per heavy atom. The zero-order valence-electron chi connectivity index (χ0n) is 8.06. The lowest BCUT2D eigenvalue weighted by atomic mass is 10.2. The van der Waals surface area contributed by atoms with E-state index in [0.29, 0.717) is 17.8 Å². The van der Waals surface area contributed by atoms with Crippen LogP contribution in [-0.2, 0) is 6.54 Å². The quantitative estimate of drug-likeness (QED) is 0.702. The standard InChI is InChI=1S/C12H10FNO/c13-12-6-2-1-4-10(12)8-14-7-3-5-11(14)9-15/h1-7,9H,8H2. The second-order valence-corrected chi connectivity index (χ2v) is 3.27. The number of hydrogen-bond acceptors (Lipinski definition) is 1. The number of rotatable bonds is 3. The van der Waals surface area contributed by atoms with Gasteiger partial charge in [0.05, 0.1) is 12.2 Å². The third-order valence-corrected chi connectivity index (χ3v) is 2.28. The van der Waals surface area contributed by atoms with E-state index in [4.69, 9.17) is 0 Å². The summed E-state index contributed by atoms with van der Waals surface area (Å²) in [6.45, 7) is 0.383. The zero-order chi connectivity index (χ0) is 10.7. The first-order valence-corrected chi connectivity index (χ1v) is 4.65. The third-order valence-electron chi connectivity index (χ3n) is 2.28. The number of carbonyl (C=O) groups excluding carboxylic acids is 1. The fraction of sp³-hybridized carbons (Fsp3) is 0.0833. The van der Waals surface area contributed by atoms with Crippen molar-refractivity contribution in [2.45, 2.75) is 6.54 Å². The van der Waals surface area contributed by atoms with Crippen molar-refractivity contribution in [2.75, 3.05) is 0 Å². The molecular weight excluding hydrogens is 193 g/mol. The first-order valence-electron chi connectivity index (χ1n) is 4.65. The molecule has 0 saturated carbocycles. The predicted molar refractivity (Wildman–Crippen MR) is 55.3 cm³/mol. The van der Waals surface area contributed by atoms with Crippen molar-refractivity contribution in [3.05, 3.63) is 59.7 Å². The molecule has 0 N–H and O–H groups in total. The molecule has 1 aromatic heterocycles. The zero-order valence-corrected chi connectivity index (χ0v) is 8.06.